The topological polar surface area (TPSA) is 76.7 Å². The van der Waals surface area contributed by atoms with Crippen molar-refractivity contribution in [2.24, 2.45) is 0 Å². The minimum absolute atomic E-state index is 0.203. The van der Waals surface area contributed by atoms with Crippen molar-refractivity contribution in [3.8, 4) is 22.6 Å². The Bertz CT molecular complexity index is 989. The quantitative estimate of drug-likeness (QED) is 0.563. The minimum Gasteiger partial charge on any atom is -0.484 e. The average molecular weight is 404 g/mol. The molecule has 0 aliphatic rings. The molecule has 0 unspecified atom stereocenters. The molecule has 2 amide bonds. The molecule has 2 N–H and O–H groups in total. The maximum absolute atomic E-state index is 12.0. The van der Waals surface area contributed by atoms with Crippen LogP contribution in [0.1, 0.15) is 12.5 Å². The second kappa shape index (κ2) is 10.7. The van der Waals surface area contributed by atoms with Gasteiger partial charge in [0.25, 0.3) is 11.8 Å². The molecule has 0 radical (unpaired) electrons. The van der Waals surface area contributed by atoms with E-state index in [1.54, 1.807) is 12.1 Å². The smallest absolute Gasteiger partial charge is 0.276 e. The second-order valence-electron chi connectivity index (χ2n) is 6.54. The van der Waals surface area contributed by atoms with Crippen LogP contribution in [0.4, 0.5) is 0 Å². The Kier molecular flexibility index (Phi) is 7.44. The zero-order valence-electron chi connectivity index (χ0n) is 16.8. The van der Waals surface area contributed by atoms with E-state index in [-0.39, 0.29) is 13.2 Å². The van der Waals surface area contributed by atoms with E-state index < -0.39 is 11.8 Å². The molecule has 6 nitrogen and oxygen atoms in total. The summed E-state index contributed by atoms with van der Waals surface area (Å²) in [6.45, 7) is 1.61. The van der Waals surface area contributed by atoms with Gasteiger partial charge in [0.05, 0.1) is 0 Å². The molecule has 6 heteroatoms. The Hall–Kier alpha value is -3.80. The zero-order chi connectivity index (χ0) is 21.2. The standard InChI is InChI=1S/C24H24N2O4/c1-2-18-9-8-12-20(15-18)29-16-23(27)25-26-24(28)17-30-22-14-7-6-13-21(22)19-10-4-3-5-11-19/h3-15H,2,16-17H2,1H3,(H,25,27)(H,26,28). The molecular weight excluding hydrogens is 380 g/mol. The predicted octanol–water partition coefficient (Wildman–Crippen LogP) is 3.52. The molecule has 0 fully saturated rings. The third-order valence-electron chi connectivity index (χ3n) is 4.35. The number of benzene rings is 3. The van der Waals surface area contributed by atoms with Crippen LogP contribution in [0.5, 0.6) is 11.5 Å². The molecule has 0 aliphatic carbocycles. The highest BCUT2D eigenvalue weighted by Crippen LogP contribution is 2.29. The van der Waals surface area contributed by atoms with E-state index in [1.807, 2.05) is 73.7 Å². The van der Waals surface area contributed by atoms with Gasteiger partial charge in [-0.3, -0.25) is 20.4 Å². The number of nitrogens with one attached hydrogen (secondary N) is 2. The predicted molar refractivity (Wildman–Crippen MR) is 115 cm³/mol. The van der Waals surface area contributed by atoms with Crippen LogP contribution in [0.2, 0.25) is 0 Å². The molecule has 30 heavy (non-hydrogen) atoms. The molecule has 3 aromatic carbocycles. The largest absolute Gasteiger partial charge is 0.484 e. The Balaban J connectivity index is 1.45. The molecular formula is C24H24N2O4. The Morgan fingerprint density at radius 3 is 2.17 bits per heavy atom. The summed E-state index contributed by atoms with van der Waals surface area (Å²) in [5.41, 5.74) is 7.65. The molecule has 0 spiro atoms. The number of carbonyl (C=O) groups is 2. The highest BCUT2D eigenvalue weighted by Gasteiger charge is 2.09. The van der Waals surface area contributed by atoms with E-state index in [9.17, 15) is 9.59 Å². The third-order valence-corrected chi connectivity index (χ3v) is 4.35. The second-order valence-corrected chi connectivity index (χ2v) is 6.54. The fraction of sp³-hybridized carbons (Fsp3) is 0.167. The number of rotatable bonds is 8. The van der Waals surface area contributed by atoms with Crippen molar-refractivity contribution in [2.75, 3.05) is 13.2 Å². The lowest BCUT2D eigenvalue weighted by Gasteiger charge is -2.12. The molecule has 0 atom stereocenters. The summed E-state index contributed by atoms with van der Waals surface area (Å²) in [5.74, 6) is 0.259. The van der Waals surface area contributed by atoms with Crippen LogP contribution in [0.3, 0.4) is 0 Å². The van der Waals surface area contributed by atoms with Crippen LogP contribution >= 0.6 is 0 Å². The first kappa shape index (κ1) is 20.9. The average Bonchev–Trinajstić information content (AvgIpc) is 2.81. The van der Waals surface area contributed by atoms with Crippen molar-refractivity contribution in [3.63, 3.8) is 0 Å². The molecule has 3 aromatic rings. The molecule has 0 aliphatic heterocycles. The Labute approximate surface area is 175 Å². The van der Waals surface area contributed by atoms with Crippen LogP contribution in [0.25, 0.3) is 11.1 Å². The number of hydrogen-bond donors (Lipinski definition) is 2. The first-order chi connectivity index (χ1) is 14.7. The SMILES string of the molecule is CCc1cccc(OCC(=O)NNC(=O)COc2ccccc2-c2ccccc2)c1. The van der Waals surface area contributed by atoms with E-state index in [0.717, 1.165) is 23.1 Å². The first-order valence-corrected chi connectivity index (χ1v) is 9.72. The number of ether oxygens (including phenoxy) is 2. The lowest BCUT2D eigenvalue weighted by molar-refractivity contribution is -0.131. The first-order valence-electron chi connectivity index (χ1n) is 9.72. The molecule has 0 saturated heterocycles. The monoisotopic (exact) mass is 404 g/mol. The van der Waals surface area contributed by atoms with Gasteiger partial charge in [0.2, 0.25) is 0 Å². The summed E-state index contributed by atoms with van der Waals surface area (Å²) < 4.78 is 11.1. The third kappa shape index (κ3) is 6.10. The fourth-order valence-corrected chi connectivity index (χ4v) is 2.81. The summed E-state index contributed by atoms with van der Waals surface area (Å²) in [5, 5.41) is 0. The van der Waals surface area contributed by atoms with E-state index in [4.69, 9.17) is 9.47 Å². The van der Waals surface area contributed by atoms with Gasteiger partial charge >= 0.3 is 0 Å². The Morgan fingerprint density at radius 1 is 0.767 bits per heavy atom. The summed E-state index contributed by atoms with van der Waals surface area (Å²) >= 11 is 0. The minimum atomic E-state index is -0.473. The maximum Gasteiger partial charge on any atom is 0.276 e. The number of para-hydroxylation sites is 1. The van der Waals surface area contributed by atoms with Gasteiger partial charge in [-0.1, -0.05) is 67.6 Å². The van der Waals surface area contributed by atoms with Gasteiger partial charge in [0.15, 0.2) is 13.2 Å². The summed E-state index contributed by atoms with van der Waals surface area (Å²) in [7, 11) is 0. The highest BCUT2D eigenvalue weighted by molar-refractivity contribution is 5.83. The van der Waals surface area contributed by atoms with Gasteiger partial charge < -0.3 is 9.47 Å². The highest BCUT2D eigenvalue weighted by atomic mass is 16.5. The summed E-state index contributed by atoms with van der Waals surface area (Å²) in [4.78, 5) is 23.9. The molecule has 0 saturated carbocycles. The molecule has 0 heterocycles. The fourth-order valence-electron chi connectivity index (χ4n) is 2.81. The van der Waals surface area contributed by atoms with Crippen LogP contribution in [-0.2, 0) is 16.0 Å². The van der Waals surface area contributed by atoms with Gasteiger partial charge in [-0.25, -0.2) is 0 Å². The van der Waals surface area contributed by atoms with Crippen molar-refractivity contribution in [1.82, 2.24) is 10.9 Å². The van der Waals surface area contributed by atoms with Crippen molar-refractivity contribution < 1.29 is 19.1 Å². The number of aryl methyl sites for hydroxylation is 1. The number of amides is 2. The normalized spacial score (nSPS) is 10.2. The molecule has 0 aromatic heterocycles. The van der Waals surface area contributed by atoms with Crippen molar-refractivity contribution in [1.29, 1.82) is 0 Å². The van der Waals surface area contributed by atoms with Gasteiger partial charge in [0.1, 0.15) is 11.5 Å². The van der Waals surface area contributed by atoms with E-state index in [0.29, 0.717) is 11.5 Å². The van der Waals surface area contributed by atoms with Gasteiger partial charge in [0, 0.05) is 5.56 Å². The van der Waals surface area contributed by atoms with Crippen LogP contribution in [0, 0.1) is 0 Å². The zero-order valence-corrected chi connectivity index (χ0v) is 16.8. The molecule has 3 rings (SSSR count). The molecule has 0 bridgehead atoms. The summed E-state index contributed by atoms with van der Waals surface area (Å²) in [6.07, 6.45) is 0.882. The van der Waals surface area contributed by atoms with Crippen molar-refractivity contribution in [3.05, 3.63) is 84.4 Å². The Morgan fingerprint density at radius 2 is 1.43 bits per heavy atom. The maximum atomic E-state index is 12.0. The van der Waals surface area contributed by atoms with Crippen LogP contribution in [0.15, 0.2) is 78.9 Å². The lowest BCUT2D eigenvalue weighted by Crippen LogP contribution is -2.45. The molecule has 154 valence electrons. The van der Waals surface area contributed by atoms with Gasteiger partial charge in [-0.05, 0) is 35.7 Å². The van der Waals surface area contributed by atoms with E-state index in [1.165, 1.54) is 0 Å². The van der Waals surface area contributed by atoms with Crippen molar-refractivity contribution in [2.45, 2.75) is 13.3 Å². The van der Waals surface area contributed by atoms with Crippen molar-refractivity contribution >= 4 is 11.8 Å². The lowest BCUT2D eigenvalue weighted by atomic mass is 10.1. The summed E-state index contributed by atoms with van der Waals surface area (Å²) in [6, 6.07) is 24.8. The van der Waals surface area contributed by atoms with E-state index in [2.05, 4.69) is 10.9 Å². The van der Waals surface area contributed by atoms with Gasteiger partial charge in [-0.15, -0.1) is 0 Å². The number of hydrazine groups is 1. The van der Waals surface area contributed by atoms with Crippen LogP contribution in [-0.4, -0.2) is 25.0 Å². The van der Waals surface area contributed by atoms with E-state index >= 15 is 0 Å². The van der Waals surface area contributed by atoms with Gasteiger partial charge in [-0.2, -0.15) is 0 Å². The number of hydrogen-bond acceptors (Lipinski definition) is 4. The number of carbonyl (C=O) groups excluding carboxylic acids is 2. The van der Waals surface area contributed by atoms with Crippen LogP contribution < -0.4 is 20.3 Å².